The van der Waals surface area contributed by atoms with Gasteiger partial charge in [-0.25, -0.2) is 0 Å². The molecule has 2 aromatic rings. The van der Waals surface area contributed by atoms with Gasteiger partial charge in [-0.1, -0.05) is 48.5 Å². The second-order valence-electron chi connectivity index (χ2n) is 6.81. The first-order valence-electron chi connectivity index (χ1n) is 9.21. The maximum Gasteiger partial charge on any atom is 0.251 e. The van der Waals surface area contributed by atoms with Crippen molar-refractivity contribution in [3.05, 3.63) is 71.8 Å². The zero-order chi connectivity index (χ0) is 19.5. The van der Waals surface area contributed by atoms with Crippen LogP contribution in [0, 0.1) is 0 Å². The molecule has 0 aromatic heterocycles. The number of ether oxygens (including phenoxy) is 4. The van der Waals surface area contributed by atoms with Crippen molar-refractivity contribution in [2.24, 2.45) is 0 Å². The van der Waals surface area contributed by atoms with Gasteiger partial charge in [-0.15, -0.1) is 0 Å². The second-order valence-corrected chi connectivity index (χ2v) is 6.81. The van der Waals surface area contributed by atoms with Crippen LogP contribution in [0.2, 0.25) is 0 Å². The lowest BCUT2D eigenvalue weighted by atomic mass is 9.95. The van der Waals surface area contributed by atoms with E-state index in [0.29, 0.717) is 5.56 Å². The van der Waals surface area contributed by atoms with Crippen molar-refractivity contribution < 1.29 is 28.8 Å². The fourth-order valence-electron chi connectivity index (χ4n) is 3.55. The van der Waals surface area contributed by atoms with E-state index in [0.717, 1.165) is 5.56 Å². The van der Waals surface area contributed by atoms with Crippen LogP contribution in [0.25, 0.3) is 0 Å². The minimum absolute atomic E-state index is 0.250. The highest BCUT2D eigenvalue weighted by atomic mass is 16.7. The standard InChI is InChI=1S/C21H23NO6/c1-25-21-16(22-19(24)13-8-4-2-5-9-13)17(23)18-15(27-21)12-26-20(28-18)14-10-6-3-7-11-14/h2-11,15-18,20-21,23H,12H2,1H3,(H,22,24)/t15-,16-,17-,18-,20?,21-/m1/s1. The molecule has 2 N–H and O–H groups in total. The first kappa shape index (κ1) is 19.0. The predicted molar refractivity (Wildman–Crippen MR) is 99.4 cm³/mol. The third-order valence-electron chi connectivity index (χ3n) is 5.00. The topological polar surface area (TPSA) is 86.2 Å². The number of carbonyl (C=O) groups excluding carboxylic acids is 1. The quantitative estimate of drug-likeness (QED) is 0.832. The van der Waals surface area contributed by atoms with Crippen LogP contribution >= 0.6 is 0 Å². The first-order valence-corrected chi connectivity index (χ1v) is 9.21. The van der Waals surface area contributed by atoms with Gasteiger partial charge in [0.25, 0.3) is 5.91 Å². The molecule has 7 nitrogen and oxygen atoms in total. The maximum absolute atomic E-state index is 12.6. The summed E-state index contributed by atoms with van der Waals surface area (Å²) in [5.41, 5.74) is 1.34. The van der Waals surface area contributed by atoms with E-state index in [1.54, 1.807) is 24.3 Å². The minimum atomic E-state index is -1.02. The summed E-state index contributed by atoms with van der Waals surface area (Å²) in [6.45, 7) is 0.250. The number of benzene rings is 2. The summed E-state index contributed by atoms with van der Waals surface area (Å²) in [4.78, 5) is 12.6. The van der Waals surface area contributed by atoms with Crippen molar-refractivity contribution in [1.82, 2.24) is 5.32 Å². The molecule has 0 saturated carbocycles. The fraction of sp³-hybridized carbons (Fsp3) is 0.381. The molecule has 2 aromatic carbocycles. The van der Waals surface area contributed by atoms with E-state index in [2.05, 4.69) is 5.32 Å². The Hall–Kier alpha value is -2.29. The molecule has 28 heavy (non-hydrogen) atoms. The van der Waals surface area contributed by atoms with Crippen molar-refractivity contribution in [1.29, 1.82) is 0 Å². The summed E-state index contributed by atoms with van der Waals surface area (Å²) >= 11 is 0. The molecule has 2 aliphatic rings. The number of hydrogen-bond acceptors (Lipinski definition) is 6. The highest BCUT2D eigenvalue weighted by Crippen LogP contribution is 2.34. The first-order chi connectivity index (χ1) is 13.7. The van der Waals surface area contributed by atoms with E-state index in [-0.39, 0.29) is 12.5 Å². The molecule has 148 valence electrons. The summed E-state index contributed by atoms with van der Waals surface area (Å²) in [5, 5.41) is 13.8. The lowest BCUT2D eigenvalue weighted by Gasteiger charge is -2.47. The van der Waals surface area contributed by atoms with Gasteiger partial charge < -0.3 is 29.4 Å². The number of nitrogens with one attached hydrogen (secondary N) is 1. The third-order valence-corrected chi connectivity index (χ3v) is 5.00. The third kappa shape index (κ3) is 3.80. The second kappa shape index (κ2) is 8.38. The molecule has 2 aliphatic heterocycles. The minimum Gasteiger partial charge on any atom is -0.388 e. The summed E-state index contributed by atoms with van der Waals surface area (Å²) in [7, 11) is 1.47. The van der Waals surface area contributed by atoms with Crippen molar-refractivity contribution in [3.8, 4) is 0 Å². The monoisotopic (exact) mass is 385 g/mol. The average molecular weight is 385 g/mol. The highest BCUT2D eigenvalue weighted by molar-refractivity contribution is 5.94. The van der Waals surface area contributed by atoms with Gasteiger partial charge in [-0.05, 0) is 12.1 Å². The lowest BCUT2D eigenvalue weighted by Crippen LogP contribution is -2.66. The molecule has 4 rings (SSSR count). The Morgan fingerprint density at radius 1 is 1.07 bits per heavy atom. The molecule has 0 spiro atoms. The van der Waals surface area contributed by atoms with Crippen LogP contribution in [-0.2, 0) is 18.9 Å². The fourth-order valence-corrected chi connectivity index (χ4v) is 3.55. The maximum atomic E-state index is 12.6. The zero-order valence-corrected chi connectivity index (χ0v) is 15.4. The zero-order valence-electron chi connectivity index (χ0n) is 15.4. The predicted octanol–water partition coefficient (Wildman–Crippen LogP) is 1.63. The van der Waals surface area contributed by atoms with E-state index in [4.69, 9.17) is 18.9 Å². The van der Waals surface area contributed by atoms with Crippen molar-refractivity contribution in [2.75, 3.05) is 13.7 Å². The number of methoxy groups -OCH3 is 1. The Morgan fingerprint density at radius 3 is 2.43 bits per heavy atom. The summed E-state index contributed by atoms with van der Waals surface area (Å²) < 4.78 is 23.0. The van der Waals surface area contributed by atoms with Gasteiger partial charge >= 0.3 is 0 Å². The summed E-state index contributed by atoms with van der Waals surface area (Å²) in [6, 6.07) is 17.5. The number of amides is 1. The van der Waals surface area contributed by atoms with E-state index in [1.165, 1.54) is 7.11 Å². The van der Waals surface area contributed by atoms with Crippen molar-refractivity contribution >= 4 is 5.91 Å². The van der Waals surface area contributed by atoms with Gasteiger partial charge in [-0.3, -0.25) is 4.79 Å². The molecule has 6 atom stereocenters. The molecule has 0 aliphatic carbocycles. The van der Waals surface area contributed by atoms with Crippen LogP contribution in [0.15, 0.2) is 60.7 Å². The number of fused-ring (bicyclic) bond motifs is 1. The average Bonchev–Trinajstić information content (AvgIpc) is 2.76. The Balaban J connectivity index is 1.50. The Labute approximate surface area is 163 Å². The van der Waals surface area contributed by atoms with E-state index in [1.807, 2.05) is 36.4 Å². The highest BCUT2D eigenvalue weighted by Gasteiger charge is 2.50. The number of aliphatic hydroxyl groups is 1. The SMILES string of the molecule is CO[C@@H]1O[C@@H]2COC(c3ccccc3)O[C@H]2[C@H](O)[C@H]1NC(=O)c1ccccc1. The number of hydrogen-bond donors (Lipinski definition) is 2. The normalized spacial score (nSPS) is 32.4. The van der Waals surface area contributed by atoms with Gasteiger partial charge in [0.2, 0.25) is 0 Å². The Morgan fingerprint density at radius 2 is 1.75 bits per heavy atom. The van der Waals surface area contributed by atoms with Gasteiger partial charge in [0.1, 0.15) is 24.4 Å². The molecular formula is C21H23NO6. The molecule has 1 unspecified atom stereocenters. The van der Waals surface area contributed by atoms with E-state index in [9.17, 15) is 9.90 Å². The molecule has 2 heterocycles. The number of rotatable bonds is 4. The Kier molecular flexibility index (Phi) is 5.70. The summed E-state index contributed by atoms with van der Waals surface area (Å²) in [6.07, 6.45) is -3.60. The van der Waals surface area contributed by atoms with Crippen molar-refractivity contribution in [3.63, 3.8) is 0 Å². The Bertz CT molecular complexity index is 786. The number of aliphatic hydroxyl groups excluding tert-OH is 1. The van der Waals surface area contributed by atoms with Gasteiger partial charge in [0.15, 0.2) is 12.6 Å². The van der Waals surface area contributed by atoms with E-state index < -0.39 is 36.9 Å². The van der Waals surface area contributed by atoms with Gasteiger partial charge in [-0.2, -0.15) is 0 Å². The summed E-state index contributed by atoms with van der Waals surface area (Å²) in [5.74, 6) is -0.319. The van der Waals surface area contributed by atoms with Gasteiger partial charge in [0, 0.05) is 18.2 Å². The van der Waals surface area contributed by atoms with Crippen LogP contribution in [0.3, 0.4) is 0 Å². The molecule has 0 bridgehead atoms. The van der Waals surface area contributed by atoms with Crippen LogP contribution in [0.1, 0.15) is 22.2 Å². The molecule has 2 fully saturated rings. The number of carbonyl (C=O) groups is 1. The molecular weight excluding hydrogens is 362 g/mol. The van der Waals surface area contributed by atoms with Crippen LogP contribution in [-0.4, -0.2) is 55.4 Å². The van der Waals surface area contributed by atoms with Gasteiger partial charge in [0.05, 0.1) is 6.61 Å². The smallest absolute Gasteiger partial charge is 0.251 e. The lowest BCUT2D eigenvalue weighted by molar-refractivity contribution is -0.340. The molecule has 1 amide bonds. The van der Waals surface area contributed by atoms with E-state index >= 15 is 0 Å². The molecule has 2 saturated heterocycles. The molecule has 7 heteroatoms. The van der Waals surface area contributed by atoms with Crippen molar-refractivity contribution in [2.45, 2.75) is 36.9 Å². The molecule has 0 radical (unpaired) electrons. The largest absolute Gasteiger partial charge is 0.388 e. The van der Waals surface area contributed by atoms with Crippen LogP contribution in [0.4, 0.5) is 0 Å². The van der Waals surface area contributed by atoms with Crippen LogP contribution in [0.5, 0.6) is 0 Å². The van der Waals surface area contributed by atoms with Crippen LogP contribution < -0.4 is 5.32 Å².